The van der Waals surface area contributed by atoms with Gasteiger partial charge in [0.2, 0.25) is 0 Å². The van der Waals surface area contributed by atoms with Crippen LogP contribution in [0.5, 0.6) is 0 Å². The molecular formula is C22H17OP. The fraction of sp³-hybridized carbons (Fsp3) is 0. The summed E-state index contributed by atoms with van der Waals surface area (Å²) in [4.78, 5) is 0. The first-order valence-electron chi connectivity index (χ1n) is 7.98. The van der Waals surface area contributed by atoms with E-state index < -0.39 is 7.14 Å². The van der Waals surface area contributed by atoms with Crippen LogP contribution in [-0.4, -0.2) is 0 Å². The maximum absolute atomic E-state index is 13.6. The molecule has 1 heterocycles. The summed E-state index contributed by atoms with van der Waals surface area (Å²) >= 11 is 0. The second kappa shape index (κ2) is 6.11. The molecule has 0 bridgehead atoms. The molecule has 3 aromatic rings. The Balaban J connectivity index is 1.98. The van der Waals surface area contributed by atoms with E-state index in [0.29, 0.717) is 0 Å². The Labute approximate surface area is 142 Å². The van der Waals surface area contributed by atoms with Gasteiger partial charge in [-0.3, -0.25) is 0 Å². The van der Waals surface area contributed by atoms with Gasteiger partial charge in [0, 0.05) is 5.30 Å². The van der Waals surface area contributed by atoms with Crippen LogP contribution in [0.2, 0.25) is 0 Å². The Hall–Kier alpha value is -2.63. The number of fused-ring (bicyclic) bond motifs is 3. The summed E-state index contributed by atoms with van der Waals surface area (Å²) in [7, 11) is -2.74. The van der Waals surface area contributed by atoms with Crippen molar-refractivity contribution in [3.63, 3.8) is 0 Å². The molecule has 4 rings (SSSR count). The quantitative estimate of drug-likeness (QED) is 0.501. The van der Waals surface area contributed by atoms with Crippen LogP contribution in [0.4, 0.5) is 0 Å². The van der Waals surface area contributed by atoms with E-state index in [4.69, 9.17) is 0 Å². The van der Waals surface area contributed by atoms with Gasteiger partial charge >= 0.3 is 0 Å². The zero-order valence-corrected chi connectivity index (χ0v) is 14.1. The lowest BCUT2D eigenvalue weighted by Gasteiger charge is -2.09. The van der Waals surface area contributed by atoms with Crippen LogP contribution in [0.3, 0.4) is 0 Å². The van der Waals surface area contributed by atoms with E-state index >= 15 is 0 Å². The molecule has 0 unspecified atom stereocenters. The minimum absolute atomic E-state index is 0.856. The lowest BCUT2D eigenvalue weighted by molar-refractivity contribution is 0.592. The second-order valence-electron chi connectivity index (χ2n) is 5.85. The predicted octanol–water partition coefficient (Wildman–Crippen LogP) is 6.00. The molecule has 0 saturated heterocycles. The third-order valence-electron chi connectivity index (χ3n) is 4.32. The van der Waals surface area contributed by atoms with Gasteiger partial charge in [-0.1, -0.05) is 91.0 Å². The Kier molecular flexibility index (Phi) is 3.80. The van der Waals surface area contributed by atoms with Gasteiger partial charge in [-0.25, -0.2) is 0 Å². The summed E-state index contributed by atoms with van der Waals surface area (Å²) in [5, 5.41) is 0.856. The van der Waals surface area contributed by atoms with Crippen LogP contribution in [0.1, 0.15) is 11.1 Å². The fourth-order valence-electron chi connectivity index (χ4n) is 3.04. The molecule has 0 aromatic heterocycles. The van der Waals surface area contributed by atoms with Gasteiger partial charge in [-0.05, 0) is 33.9 Å². The van der Waals surface area contributed by atoms with Crippen LogP contribution in [0.25, 0.3) is 23.3 Å². The molecule has 2 heteroatoms. The van der Waals surface area contributed by atoms with Crippen molar-refractivity contribution in [3.8, 4) is 11.1 Å². The average molecular weight is 328 g/mol. The maximum Gasteiger partial charge on any atom is 0.157 e. The number of rotatable bonds is 1. The van der Waals surface area contributed by atoms with Crippen molar-refractivity contribution in [1.82, 2.24) is 0 Å². The molecule has 0 amide bonds. The summed E-state index contributed by atoms with van der Waals surface area (Å²) in [6.07, 6.45) is 3.99. The van der Waals surface area contributed by atoms with Gasteiger partial charge in [0.15, 0.2) is 7.14 Å². The van der Waals surface area contributed by atoms with Gasteiger partial charge < -0.3 is 4.57 Å². The Morgan fingerprint density at radius 2 is 1.00 bits per heavy atom. The van der Waals surface area contributed by atoms with Gasteiger partial charge in [0.25, 0.3) is 0 Å². The molecular weight excluding hydrogens is 311 g/mol. The standard InChI is InChI=1S/C22H17OP/c23-24(20-10-2-1-3-11-20)16-14-18-8-4-6-12-21(18)22-13-7-5-9-19(22)15-17-24/h1-17H/b16-14-,17-15-. The predicted molar refractivity (Wildman–Crippen MR) is 104 cm³/mol. The number of hydrogen-bond donors (Lipinski definition) is 0. The first-order valence-corrected chi connectivity index (χ1v) is 9.83. The lowest BCUT2D eigenvalue weighted by Crippen LogP contribution is -1.99. The van der Waals surface area contributed by atoms with Gasteiger partial charge in [-0.2, -0.15) is 0 Å². The lowest BCUT2D eigenvalue weighted by atomic mass is 9.95. The molecule has 0 aliphatic carbocycles. The average Bonchev–Trinajstić information content (AvgIpc) is 2.71. The Morgan fingerprint density at radius 3 is 1.54 bits per heavy atom. The Bertz CT molecular complexity index is 924. The van der Waals surface area contributed by atoms with Crippen molar-refractivity contribution in [2.75, 3.05) is 0 Å². The highest BCUT2D eigenvalue weighted by Gasteiger charge is 2.19. The van der Waals surface area contributed by atoms with Crippen molar-refractivity contribution in [2.45, 2.75) is 0 Å². The van der Waals surface area contributed by atoms with E-state index in [2.05, 4.69) is 24.3 Å². The normalized spacial score (nSPS) is 17.5. The minimum atomic E-state index is -2.74. The summed E-state index contributed by atoms with van der Waals surface area (Å²) in [6, 6.07) is 26.2. The summed E-state index contributed by atoms with van der Waals surface area (Å²) < 4.78 is 13.6. The highest BCUT2D eigenvalue weighted by atomic mass is 31.2. The molecule has 0 N–H and O–H groups in total. The highest BCUT2D eigenvalue weighted by Crippen LogP contribution is 2.50. The molecule has 24 heavy (non-hydrogen) atoms. The fourth-order valence-corrected chi connectivity index (χ4v) is 4.89. The van der Waals surface area contributed by atoms with E-state index in [0.717, 1.165) is 27.6 Å². The maximum atomic E-state index is 13.6. The molecule has 0 fully saturated rings. The molecule has 0 spiro atoms. The zero-order chi connectivity index (χ0) is 16.4. The molecule has 1 aliphatic heterocycles. The SMILES string of the molecule is O=P1(c2ccccc2)/C=C\c2ccccc2-c2ccccc2/C=C\1. The topological polar surface area (TPSA) is 17.1 Å². The number of hydrogen-bond acceptors (Lipinski definition) is 1. The van der Waals surface area contributed by atoms with Crippen LogP contribution in [0.15, 0.2) is 90.5 Å². The van der Waals surface area contributed by atoms with Crippen molar-refractivity contribution >= 4 is 24.6 Å². The summed E-state index contributed by atoms with van der Waals surface area (Å²) in [5.41, 5.74) is 4.50. The number of benzene rings is 3. The molecule has 0 radical (unpaired) electrons. The highest BCUT2D eigenvalue weighted by molar-refractivity contribution is 7.77. The molecule has 1 nitrogen and oxygen atoms in total. The third kappa shape index (κ3) is 2.68. The monoisotopic (exact) mass is 328 g/mol. The zero-order valence-electron chi connectivity index (χ0n) is 13.2. The molecule has 116 valence electrons. The summed E-state index contributed by atoms with van der Waals surface area (Å²) in [6.45, 7) is 0. The summed E-state index contributed by atoms with van der Waals surface area (Å²) in [5.74, 6) is 3.73. The molecule has 3 aromatic carbocycles. The van der Waals surface area contributed by atoms with E-state index in [1.54, 1.807) is 0 Å². The van der Waals surface area contributed by atoms with Crippen LogP contribution in [0, 0.1) is 0 Å². The van der Waals surface area contributed by atoms with E-state index in [-0.39, 0.29) is 0 Å². The minimum Gasteiger partial charge on any atom is -0.310 e. The van der Waals surface area contributed by atoms with Crippen LogP contribution >= 0.6 is 7.14 Å². The first kappa shape index (κ1) is 14.9. The smallest absolute Gasteiger partial charge is 0.157 e. The molecule has 0 atom stereocenters. The van der Waals surface area contributed by atoms with Crippen LogP contribution < -0.4 is 5.30 Å². The van der Waals surface area contributed by atoms with E-state index in [1.165, 1.54) is 0 Å². The van der Waals surface area contributed by atoms with E-state index in [9.17, 15) is 4.57 Å². The van der Waals surface area contributed by atoms with Gasteiger partial charge in [-0.15, -0.1) is 0 Å². The second-order valence-corrected chi connectivity index (χ2v) is 8.38. The molecule has 1 aliphatic rings. The van der Waals surface area contributed by atoms with Crippen LogP contribution in [-0.2, 0) is 4.57 Å². The van der Waals surface area contributed by atoms with E-state index in [1.807, 2.05) is 78.4 Å². The van der Waals surface area contributed by atoms with Crippen molar-refractivity contribution in [1.29, 1.82) is 0 Å². The van der Waals surface area contributed by atoms with Crippen molar-refractivity contribution < 1.29 is 4.57 Å². The Morgan fingerprint density at radius 1 is 0.542 bits per heavy atom. The first-order chi connectivity index (χ1) is 11.8. The molecule has 0 saturated carbocycles. The van der Waals surface area contributed by atoms with Crippen molar-refractivity contribution in [3.05, 3.63) is 102 Å². The largest absolute Gasteiger partial charge is 0.310 e. The van der Waals surface area contributed by atoms with Gasteiger partial charge in [0.05, 0.1) is 0 Å². The van der Waals surface area contributed by atoms with Crippen molar-refractivity contribution in [2.24, 2.45) is 0 Å². The third-order valence-corrected chi connectivity index (χ3v) is 6.61. The van der Waals surface area contributed by atoms with Gasteiger partial charge in [0.1, 0.15) is 0 Å².